The van der Waals surface area contributed by atoms with Crippen LogP contribution in [0.1, 0.15) is 30.0 Å². The van der Waals surface area contributed by atoms with Crippen molar-refractivity contribution >= 4 is 28.3 Å². The van der Waals surface area contributed by atoms with Crippen LogP contribution < -0.4 is 5.73 Å². The van der Waals surface area contributed by atoms with Gasteiger partial charge < -0.3 is 10.8 Å². The monoisotopic (exact) mass is 305 g/mol. The average Bonchev–Trinajstić information content (AvgIpc) is 2.21. The van der Waals surface area contributed by atoms with E-state index in [1.165, 1.54) is 0 Å². The molecule has 0 bridgehead atoms. The lowest BCUT2D eigenvalue weighted by Crippen LogP contribution is -2.11. The van der Waals surface area contributed by atoms with Crippen molar-refractivity contribution in [2.75, 3.05) is 0 Å². The second kappa shape index (κ2) is 6.94. The Morgan fingerprint density at radius 2 is 2.19 bits per heavy atom. The summed E-state index contributed by atoms with van der Waals surface area (Å²) in [7, 11) is 0. The van der Waals surface area contributed by atoms with Crippen LogP contribution in [0.25, 0.3) is 0 Å². The molecule has 0 saturated carbocycles. The maximum Gasteiger partial charge on any atom is 0.124 e. The molecule has 0 radical (unpaired) electrons. The standard InChI is InChI=1S/C12H16BrNO.ClH/c1-3-4-5-10(14)11-9(13)7-6-8(2)12(11)15;/h3,6-7,10,15H,1,4-5,14H2,2H3;1H/t10-;/m0./s1. The zero-order chi connectivity index (χ0) is 11.4. The van der Waals surface area contributed by atoms with Crippen LogP contribution in [0.15, 0.2) is 29.3 Å². The lowest BCUT2D eigenvalue weighted by atomic mass is 9.99. The van der Waals surface area contributed by atoms with Crippen LogP contribution in [0.2, 0.25) is 0 Å². The minimum Gasteiger partial charge on any atom is -0.507 e. The van der Waals surface area contributed by atoms with E-state index in [2.05, 4.69) is 22.5 Å². The van der Waals surface area contributed by atoms with E-state index in [9.17, 15) is 5.11 Å². The molecule has 0 amide bonds. The fourth-order valence-corrected chi connectivity index (χ4v) is 2.10. The molecule has 1 rings (SSSR count). The Morgan fingerprint density at radius 3 is 2.75 bits per heavy atom. The first-order chi connectivity index (χ1) is 7.07. The van der Waals surface area contributed by atoms with Crippen molar-refractivity contribution in [2.45, 2.75) is 25.8 Å². The summed E-state index contributed by atoms with van der Waals surface area (Å²) in [6.45, 7) is 5.53. The second-order valence-corrected chi connectivity index (χ2v) is 4.45. The lowest BCUT2D eigenvalue weighted by molar-refractivity contribution is 0.454. The molecule has 0 saturated heterocycles. The molecule has 3 N–H and O–H groups in total. The molecule has 0 aliphatic rings. The molecule has 0 heterocycles. The molecule has 0 fully saturated rings. The van der Waals surface area contributed by atoms with Crippen LogP contribution in [-0.4, -0.2) is 5.11 Å². The highest BCUT2D eigenvalue weighted by molar-refractivity contribution is 9.10. The first-order valence-corrected chi connectivity index (χ1v) is 5.71. The third-order valence-electron chi connectivity index (χ3n) is 2.42. The van der Waals surface area contributed by atoms with E-state index in [0.717, 1.165) is 28.4 Å². The van der Waals surface area contributed by atoms with Gasteiger partial charge in [-0.25, -0.2) is 0 Å². The molecule has 1 aromatic carbocycles. The van der Waals surface area contributed by atoms with Gasteiger partial charge in [0.15, 0.2) is 0 Å². The van der Waals surface area contributed by atoms with E-state index >= 15 is 0 Å². The van der Waals surface area contributed by atoms with E-state index in [0.29, 0.717) is 5.75 Å². The van der Waals surface area contributed by atoms with Crippen LogP contribution >= 0.6 is 28.3 Å². The largest absolute Gasteiger partial charge is 0.507 e. The van der Waals surface area contributed by atoms with Crippen molar-refractivity contribution in [2.24, 2.45) is 5.73 Å². The van der Waals surface area contributed by atoms with Gasteiger partial charge in [-0.1, -0.05) is 28.1 Å². The topological polar surface area (TPSA) is 46.2 Å². The van der Waals surface area contributed by atoms with Gasteiger partial charge in [0.2, 0.25) is 0 Å². The van der Waals surface area contributed by atoms with Gasteiger partial charge in [0.25, 0.3) is 0 Å². The number of nitrogens with two attached hydrogens (primary N) is 1. The van der Waals surface area contributed by atoms with Crippen LogP contribution in [0, 0.1) is 6.92 Å². The molecule has 0 aliphatic carbocycles. The van der Waals surface area contributed by atoms with E-state index in [1.54, 1.807) is 0 Å². The minimum absolute atomic E-state index is 0. The summed E-state index contributed by atoms with van der Waals surface area (Å²) in [6, 6.07) is 3.62. The second-order valence-electron chi connectivity index (χ2n) is 3.60. The smallest absolute Gasteiger partial charge is 0.124 e. The summed E-state index contributed by atoms with van der Waals surface area (Å²) < 4.78 is 0.863. The van der Waals surface area contributed by atoms with Crippen molar-refractivity contribution in [1.82, 2.24) is 0 Å². The number of aryl methyl sites for hydroxylation is 1. The van der Waals surface area contributed by atoms with Crippen molar-refractivity contribution in [3.05, 3.63) is 40.4 Å². The lowest BCUT2D eigenvalue weighted by Gasteiger charge is -2.16. The number of aromatic hydroxyl groups is 1. The van der Waals surface area contributed by atoms with E-state index < -0.39 is 0 Å². The van der Waals surface area contributed by atoms with Crippen molar-refractivity contribution < 1.29 is 5.11 Å². The summed E-state index contributed by atoms with van der Waals surface area (Å²) in [4.78, 5) is 0. The summed E-state index contributed by atoms with van der Waals surface area (Å²) in [6.07, 6.45) is 3.47. The zero-order valence-corrected chi connectivity index (χ0v) is 11.6. The highest BCUT2D eigenvalue weighted by atomic mass is 79.9. The third-order valence-corrected chi connectivity index (χ3v) is 3.11. The van der Waals surface area contributed by atoms with Gasteiger partial charge in [-0.2, -0.15) is 0 Å². The van der Waals surface area contributed by atoms with Gasteiger partial charge >= 0.3 is 0 Å². The summed E-state index contributed by atoms with van der Waals surface area (Å²) in [5.74, 6) is 0.293. The molecule has 16 heavy (non-hydrogen) atoms. The normalized spacial score (nSPS) is 11.7. The van der Waals surface area contributed by atoms with E-state index in [4.69, 9.17) is 5.73 Å². The highest BCUT2D eigenvalue weighted by Gasteiger charge is 2.15. The molecule has 0 aliphatic heterocycles. The molecule has 1 aromatic rings. The number of benzene rings is 1. The molecule has 0 aromatic heterocycles. The van der Waals surface area contributed by atoms with Gasteiger partial charge in [0.1, 0.15) is 5.75 Å². The van der Waals surface area contributed by atoms with Crippen LogP contribution in [0.4, 0.5) is 0 Å². The predicted octanol–water partition coefficient (Wildman–Crippen LogP) is 3.85. The number of hydrogen-bond donors (Lipinski definition) is 2. The number of phenols is 1. The fourth-order valence-electron chi connectivity index (χ4n) is 1.49. The molecule has 4 heteroatoms. The van der Waals surface area contributed by atoms with E-state index in [-0.39, 0.29) is 18.4 Å². The molecule has 1 atom stereocenters. The number of halogens is 2. The Kier molecular flexibility index (Phi) is 6.72. The highest BCUT2D eigenvalue weighted by Crippen LogP contribution is 2.34. The fraction of sp³-hybridized carbons (Fsp3) is 0.333. The number of phenolic OH excluding ortho intramolecular Hbond substituents is 1. The Bertz CT molecular complexity index is 368. The van der Waals surface area contributed by atoms with Gasteiger partial charge in [-0.15, -0.1) is 19.0 Å². The molecular weight excluding hydrogens is 289 g/mol. The SMILES string of the molecule is C=CCC[C@H](N)c1c(Br)ccc(C)c1O.Cl. The zero-order valence-electron chi connectivity index (χ0n) is 9.24. The average molecular weight is 307 g/mol. The van der Waals surface area contributed by atoms with Gasteiger partial charge in [0, 0.05) is 16.1 Å². The quantitative estimate of drug-likeness (QED) is 0.830. The predicted molar refractivity (Wildman–Crippen MR) is 74.2 cm³/mol. The van der Waals surface area contributed by atoms with Crippen LogP contribution in [0.3, 0.4) is 0 Å². The number of hydrogen-bond acceptors (Lipinski definition) is 2. The first-order valence-electron chi connectivity index (χ1n) is 4.92. The summed E-state index contributed by atoms with van der Waals surface area (Å²) in [5, 5.41) is 9.91. The van der Waals surface area contributed by atoms with Gasteiger partial charge in [0.05, 0.1) is 0 Å². The maximum absolute atomic E-state index is 9.91. The Hall–Kier alpha value is -0.510. The van der Waals surface area contributed by atoms with Gasteiger partial charge in [-0.3, -0.25) is 0 Å². The maximum atomic E-state index is 9.91. The van der Waals surface area contributed by atoms with Crippen LogP contribution in [0.5, 0.6) is 5.75 Å². The Balaban J connectivity index is 0.00000225. The third kappa shape index (κ3) is 3.51. The molecule has 0 spiro atoms. The summed E-state index contributed by atoms with van der Waals surface area (Å²) in [5.41, 5.74) is 7.65. The minimum atomic E-state index is -0.155. The van der Waals surface area contributed by atoms with Crippen molar-refractivity contribution in [3.63, 3.8) is 0 Å². The number of rotatable bonds is 4. The molecule has 0 unspecified atom stereocenters. The number of allylic oxidation sites excluding steroid dienone is 1. The van der Waals surface area contributed by atoms with E-state index in [1.807, 2.05) is 25.1 Å². The van der Waals surface area contributed by atoms with Crippen molar-refractivity contribution in [3.8, 4) is 5.75 Å². The van der Waals surface area contributed by atoms with Gasteiger partial charge in [-0.05, 0) is 31.4 Å². The molecular formula is C12H17BrClNO. The Morgan fingerprint density at radius 1 is 1.56 bits per heavy atom. The first kappa shape index (κ1) is 15.5. The summed E-state index contributed by atoms with van der Waals surface area (Å²) >= 11 is 3.41. The molecule has 90 valence electrons. The molecule has 2 nitrogen and oxygen atoms in total. The van der Waals surface area contributed by atoms with Crippen LogP contribution in [-0.2, 0) is 0 Å². The van der Waals surface area contributed by atoms with Crippen molar-refractivity contribution in [1.29, 1.82) is 0 Å². The Labute approximate surface area is 111 Å².